The molecule has 1 heterocycles. The van der Waals surface area contributed by atoms with Crippen LogP contribution in [0.2, 0.25) is 10.0 Å². The number of carbonyl (C=O) groups excluding carboxylic acids is 1. The molecular weight excluding hydrogens is 592 g/mol. The maximum atomic E-state index is 12.8. The topological polar surface area (TPSA) is 62.2 Å². The van der Waals surface area contributed by atoms with Crippen molar-refractivity contribution in [2.75, 3.05) is 0 Å². The zero-order valence-electron chi connectivity index (χ0n) is 18.9. The highest BCUT2D eigenvalue weighted by molar-refractivity contribution is 9.10. The summed E-state index contributed by atoms with van der Waals surface area (Å²) in [5.41, 5.74) is 2.72. The summed E-state index contributed by atoms with van der Waals surface area (Å²) in [6.07, 6.45) is -4.49. The minimum atomic E-state index is -4.49. The number of aliphatic hydroxyl groups is 1. The van der Waals surface area contributed by atoms with Gasteiger partial charge >= 0.3 is 6.18 Å². The minimum Gasteiger partial charge on any atom is -0.390 e. The quantitative estimate of drug-likeness (QED) is 0.233. The van der Waals surface area contributed by atoms with Crippen LogP contribution in [0.5, 0.6) is 0 Å². The molecule has 37 heavy (non-hydrogen) atoms. The van der Waals surface area contributed by atoms with Gasteiger partial charge in [0.05, 0.1) is 23.6 Å². The number of nitrogens with zero attached hydrogens (tertiary/aromatic N) is 1. The molecule has 0 aliphatic heterocycles. The molecule has 0 aliphatic carbocycles. The molecule has 0 radical (unpaired) electrons. The zero-order chi connectivity index (χ0) is 26.7. The number of alkyl halides is 3. The van der Waals surface area contributed by atoms with Crippen LogP contribution in [0.1, 0.15) is 27.2 Å². The lowest BCUT2D eigenvalue weighted by molar-refractivity contribution is -0.137. The molecule has 190 valence electrons. The molecule has 0 saturated carbocycles. The molecule has 2 N–H and O–H groups in total. The summed E-state index contributed by atoms with van der Waals surface area (Å²) in [5.74, 6) is -0.569. The fraction of sp³-hybridized carbons (Fsp3) is 0.111. The van der Waals surface area contributed by atoms with Crippen LogP contribution < -0.4 is 5.32 Å². The smallest absolute Gasteiger partial charge is 0.390 e. The first-order valence-electron chi connectivity index (χ1n) is 10.9. The summed E-state index contributed by atoms with van der Waals surface area (Å²) >= 11 is 16.0. The number of benzene rings is 3. The molecule has 4 aromatic rings. The molecule has 1 amide bonds. The Balaban J connectivity index is 1.71. The fourth-order valence-electron chi connectivity index (χ4n) is 3.71. The molecule has 1 aromatic heterocycles. The van der Waals surface area contributed by atoms with E-state index in [-0.39, 0.29) is 12.1 Å². The Bertz CT molecular complexity index is 1440. The van der Waals surface area contributed by atoms with Crippen molar-refractivity contribution in [2.45, 2.75) is 19.3 Å². The number of carbonyl (C=O) groups is 1. The number of hydrogen-bond donors (Lipinski definition) is 2. The molecule has 3 aromatic carbocycles. The average molecular weight is 610 g/mol. The Morgan fingerprint density at radius 2 is 1.62 bits per heavy atom. The summed E-state index contributed by atoms with van der Waals surface area (Å²) in [7, 11) is 0. The maximum absolute atomic E-state index is 12.8. The molecule has 0 atom stereocenters. The predicted molar refractivity (Wildman–Crippen MR) is 141 cm³/mol. The van der Waals surface area contributed by atoms with E-state index in [9.17, 15) is 23.1 Å². The Kier molecular flexibility index (Phi) is 8.23. The van der Waals surface area contributed by atoms with Crippen LogP contribution in [0, 0.1) is 0 Å². The van der Waals surface area contributed by atoms with E-state index in [2.05, 4.69) is 26.2 Å². The van der Waals surface area contributed by atoms with Crippen LogP contribution in [0.3, 0.4) is 0 Å². The molecular formula is C27H18BrCl2F3N2O2. The lowest BCUT2D eigenvalue weighted by Crippen LogP contribution is -2.24. The van der Waals surface area contributed by atoms with E-state index in [0.29, 0.717) is 38.1 Å². The highest BCUT2D eigenvalue weighted by Gasteiger charge is 2.30. The van der Waals surface area contributed by atoms with Gasteiger partial charge in [0.15, 0.2) is 0 Å². The summed E-state index contributed by atoms with van der Waals surface area (Å²) in [6.45, 7) is -0.425. The van der Waals surface area contributed by atoms with Crippen LogP contribution in [-0.4, -0.2) is 16.0 Å². The van der Waals surface area contributed by atoms with E-state index in [1.54, 1.807) is 24.3 Å². The van der Waals surface area contributed by atoms with Crippen LogP contribution in [0.15, 0.2) is 77.3 Å². The van der Waals surface area contributed by atoms with E-state index in [1.807, 2.05) is 24.3 Å². The minimum absolute atomic E-state index is 0.0262. The van der Waals surface area contributed by atoms with E-state index in [1.165, 1.54) is 0 Å². The molecule has 0 bridgehead atoms. The molecule has 0 saturated heterocycles. The first-order chi connectivity index (χ1) is 17.6. The van der Waals surface area contributed by atoms with Gasteiger partial charge in [-0.2, -0.15) is 13.2 Å². The second-order valence-electron chi connectivity index (χ2n) is 8.04. The molecule has 0 spiro atoms. The standard InChI is InChI=1S/C27H18BrCl2F3N2O2/c28-19-7-3-15(4-8-19)25-22(21-10-9-20(29)12-23(21)30)11-17(24(14-36)35-25)13-34-26(37)16-1-5-18(6-2-16)27(31,32)33/h1-12,36H,13-14H2,(H,34,37). The van der Waals surface area contributed by atoms with Gasteiger partial charge in [-0.1, -0.05) is 57.3 Å². The van der Waals surface area contributed by atoms with Gasteiger partial charge in [0, 0.05) is 43.3 Å². The van der Waals surface area contributed by atoms with Crippen molar-refractivity contribution in [3.8, 4) is 22.4 Å². The number of halogens is 6. The van der Waals surface area contributed by atoms with Crippen LogP contribution >= 0.6 is 39.1 Å². The third-order valence-corrected chi connectivity index (χ3v) is 6.67. The predicted octanol–water partition coefficient (Wildman–Crippen LogP) is 7.93. The Morgan fingerprint density at radius 3 is 2.22 bits per heavy atom. The molecule has 0 fully saturated rings. The Morgan fingerprint density at radius 1 is 0.946 bits per heavy atom. The van der Waals surface area contributed by atoms with Crippen molar-refractivity contribution >= 4 is 45.0 Å². The van der Waals surface area contributed by atoms with Gasteiger partial charge < -0.3 is 10.4 Å². The summed E-state index contributed by atoms with van der Waals surface area (Å²) in [5, 5.41) is 13.6. The maximum Gasteiger partial charge on any atom is 0.416 e. The van der Waals surface area contributed by atoms with Crippen molar-refractivity contribution in [3.05, 3.63) is 110 Å². The molecule has 4 nitrogen and oxygen atoms in total. The number of rotatable bonds is 6. The third kappa shape index (κ3) is 6.33. The van der Waals surface area contributed by atoms with E-state index < -0.39 is 24.3 Å². The first kappa shape index (κ1) is 27.1. The molecule has 4 rings (SSSR count). The van der Waals surface area contributed by atoms with Gasteiger partial charge in [-0.15, -0.1) is 0 Å². The Labute approximate surface area is 229 Å². The fourth-order valence-corrected chi connectivity index (χ4v) is 4.49. The van der Waals surface area contributed by atoms with Crippen molar-refractivity contribution in [3.63, 3.8) is 0 Å². The number of pyridine rings is 1. The van der Waals surface area contributed by atoms with Gasteiger partial charge in [0.2, 0.25) is 0 Å². The highest BCUT2D eigenvalue weighted by atomic mass is 79.9. The van der Waals surface area contributed by atoms with Crippen LogP contribution in [0.25, 0.3) is 22.4 Å². The van der Waals surface area contributed by atoms with E-state index in [0.717, 1.165) is 34.3 Å². The SMILES string of the molecule is O=C(NCc1cc(-c2ccc(Cl)cc2Cl)c(-c2ccc(Br)cc2)nc1CO)c1ccc(C(F)(F)F)cc1. The monoisotopic (exact) mass is 608 g/mol. The number of amides is 1. The Hall–Kier alpha value is -2.91. The molecule has 0 aliphatic rings. The summed E-state index contributed by atoms with van der Waals surface area (Å²) in [6, 6.07) is 18.2. The van der Waals surface area contributed by atoms with Crippen molar-refractivity contribution < 1.29 is 23.1 Å². The summed E-state index contributed by atoms with van der Waals surface area (Å²) in [4.78, 5) is 17.3. The average Bonchev–Trinajstić information content (AvgIpc) is 2.87. The van der Waals surface area contributed by atoms with Crippen LogP contribution in [0.4, 0.5) is 13.2 Å². The number of aromatic nitrogens is 1. The van der Waals surface area contributed by atoms with Crippen LogP contribution in [-0.2, 0) is 19.3 Å². The van der Waals surface area contributed by atoms with Crippen molar-refractivity contribution in [2.24, 2.45) is 0 Å². The number of hydrogen-bond acceptors (Lipinski definition) is 3. The van der Waals surface area contributed by atoms with Gasteiger partial charge in [0.25, 0.3) is 5.91 Å². The van der Waals surface area contributed by atoms with Gasteiger partial charge in [-0.05, 0) is 60.2 Å². The number of aliphatic hydroxyl groups excluding tert-OH is 1. The van der Waals surface area contributed by atoms with Gasteiger partial charge in [-0.25, -0.2) is 4.98 Å². The molecule has 10 heteroatoms. The second-order valence-corrected chi connectivity index (χ2v) is 9.80. The first-order valence-corrected chi connectivity index (χ1v) is 12.4. The van der Waals surface area contributed by atoms with Crippen molar-refractivity contribution in [1.82, 2.24) is 10.3 Å². The van der Waals surface area contributed by atoms with Crippen molar-refractivity contribution in [1.29, 1.82) is 0 Å². The van der Waals surface area contributed by atoms with Gasteiger partial charge in [-0.3, -0.25) is 4.79 Å². The van der Waals surface area contributed by atoms with E-state index >= 15 is 0 Å². The van der Waals surface area contributed by atoms with E-state index in [4.69, 9.17) is 23.2 Å². The highest BCUT2D eigenvalue weighted by Crippen LogP contribution is 2.38. The molecule has 0 unspecified atom stereocenters. The third-order valence-electron chi connectivity index (χ3n) is 5.59. The summed E-state index contributed by atoms with van der Waals surface area (Å²) < 4.78 is 39.4. The van der Waals surface area contributed by atoms with Gasteiger partial charge in [0.1, 0.15) is 0 Å². The lowest BCUT2D eigenvalue weighted by Gasteiger charge is -2.17. The normalized spacial score (nSPS) is 11.4. The zero-order valence-corrected chi connectivity index (χ0v) is 22.0. The lowest BCUT2D eigenvalue weighted by atomic mass is 9.96. The second kappa shape index (κ2) is 11.2. The number of nitrogens with one attached hydrogen (secondary N) is 1. The largest absolute Gasteiger partial charge is 0.416 e.